The first-order chi connectivity index (χ1) is 6.16. The van der Waals surface area contributed by atoms with Crippen LogP contribution in [0.3, 0.4) is 0 Å². The Morgan fingerprint density at radius 2 is 2.15 bits per heavy atom. The number of carboxylic acid groups (broad SMARTS) is 1. The highest BCUT2D eigenvalue weighted by Gasteiger charge is 2.15. The van der Waals surface area contributed by atoms with E-state index in [1.165, 1.54) is 0 Å². The van der Waals surface area contributed by atoms with Gasteiger partial charge >= 0.3 is 5.97 Å². The summed E-state index contributed by atoms with van der Waals surface area (Å²) < 4.78 is 0. The lowest BCUT2D eigenvalue weighted by Crippen LogP contribution is -2.08. The van der Waals surface area contributed by atoms with Crippen molar-refractivity contribution in [3.63, 3.8) is 0 Å². The molecule has 1 atom stereocenters. The maximum atomic E-state index is 10.7. The second-order valence-corrected chi connectivity index (χ2v) is 2.79. The Kier molecular flexibility index (Phi) is 2.71. The average molecular weight is 174 g/mol. The van der Waals surface area contributed by atoms with E-state index in [-0.39, 0.29) is 0 Å². The summed E-state index contributed by atoms with van der Waals surface area (Å²) in [6.07, 6.45) is 5.25. The van der Waals surface area contributed by atoms with Gasteiger partial charge in [-0.1, -0.05) is 24.1 Å². The van der Waals surface area contributed by atoms with Gasteiger partial charge in [0.25, 0.3) is 0 Å². The smallest absolute Gasteiger partial charge is 0.310 e. The fourth-order valence-electron chi connectivity index (χ4n) is 1.14. The van der Waals surface area contributed by atoms with Gasteiger partial charge in [0, 0.05) is 5.56 Å². The van der Waals surface area contributed by atoms with E-state index in [9.17, 15) is 4.79 Å². The Bertz CT molecular complexity index is 361. The summed E-state index contributed by atoms with van der Waals surface area (Å²) in [4.78, 5) is 10.7. The molecule has 13 heavy (non-hydrogen) atoms. The predicted molar refractivity (Wildman–Crippen MR) is 50.4 cm³/mol. The van der Waals surface area contributed by atoms with E-state index in [1.54, 1.807) is 31.2 Å². The third-order valence-electron chi connectivity index (χ3n) is 1.95. The fourth-order valence-corrected chi connectivity index (χ4v) is 1.14. The van der Waals surface area contributed by atoms with Crippen molar-refractivity contribution in [1.29, 1.82) is 0 Å². The summed E-state index contributed by atoms with van der Waals surface area (Å²) in [6.45, 7) is 1.62. The zero-order valence-electron chi connectivity index (χ0n) is 7.32. The lowest BCUT2D eigenvalue weighted by molar-refractivity contribution is -0.138. The molecular formula is C11H10O2. The van der Waals surface area contributed by atoms with Crippen LogP contribution in [-0.2, 0) is 4.79 Å². The van der Waals surface area contributed by atoms with Crippen LogP contribution in [-0.4, -0.2) is 11.1 Å². The minimum absolute atomic E-state index is 0.549. The number of benzene rings is 1. The molecule has 0 aromatic heterocycles. The number of hydrogen-bond acceptors (Lipinski definition) is 1. The first-order valence-electron chi connectivity index (χ1n) is 3.95. The Morgan fingerprint density at radius 3 is 2.69 bits per heavy atom. The molecule has 0 amide bonds. The highest BCUT2D eigenvalue weighted by atomic mass is 16.4. The Hall–Kier alpha value is -1.75. The molecule has 1 aromatic carbocycles. The van der Waals surface area contributed by atoms with E-state index < -0.39 is 11.9 Å². The molecule has 0 radical (unpaired) electrons. The van der Waals surface area contributed by atoms with Crippen LogP contribution in [0.15, 0.2) is 24.3 Å². The second kappa shape index (κ2) is 3.77. The molecule has 0 aliphatic rings. The molecule has 0 fully saturated rings. The van der Waals surface area contributed by atoms with Gasteiger partial charge in [-0.05, 0) is 18.6 Å². The van der Waals surface area contributed by atoms with E-state index >= 15 is 0 Å². The molecule has 0 heterocycles. The zero-order valence-corrected chi connectivity index (χ0v) is 7.32. The molecule has 0 spiro atoms. The van der Waals surface area contributed by atoms with Gasteiger partial charge in [-0.15, -0.1) is 6.42 Å². The molecular weight excluding hydrogens is 164 g/mol. The van der Waals surface area contributed by atoms with Gasteiger partial charge in [0.2, 0.25) is 0 Å². The molecule has 0 saturated carbocycles. The summed E-state index contributed by atoms with van der Waals surface area (Å²) >= 11 is 0. The third-order valence-corrected chi connectivity index (χ3v) is 1.95. The normalized spacial score (nSPS) is 11.7. The van der Waals surface area contributed by atoms with Gasteiger partial charge in [-0.25, -0.2) is 0 Å². The summed E-state index contributed by atoms with van der Waals surface area (Å²) in [6, 6.07) is 7.08. The summed E-state index contributed by atoms with van der Waals surface area (Å²) in [5.74, 6) is 1.06. The maximum absolute atomic E-state index is 10.7. The van der Waals surface area contributed by atoms with Gasteiger partial charge in [-0.2, -0.15) is 0 Å². The van der Waals surface area contributed by atoms with Crippen LogP contribution in [0.25, 0.3) is 0 Å². The number of carboxylic acids is 1. The SMILES string of the molecule is C#Cc1ccccc1C(C)C(=O)O. The van der Waals surface area contributed by atoms with Crippen molar-refractivity contribution >= 4 is 5.97 Å². The summed E-state index contributed by atoms with van der Waals surface area (Å²) in [7, 11) is 0. The van der Waals surface area contributed by atoms with Crippen LogP contribution in [0.4, 0.5) is 0 Å². The molecule has 0 saturated heterocycles. The van der Waals surface area contributed by atoms with Crippen LogP contribution in [0, 0.1) is 12.3 Å². The largest absolute Gasteiger partial charge is 0.481 e. The van der Waals surface area contributed by atoms with Crippen LogP contribution < -0.4 is 0 Å². The lowest BCUT2D eigenvalue weighted by Gasteiger charge is -2.08. The third kappa shape index (κ3) is 1.88. The standard InChI is InChI=1S/C11H10O2/c1-3-9-6-4-5-7-10(9)8(2)11(12)13/h1,4-8H,2H3,(H,12,13). The van der Waals surface area contributed by atoms with Crippen LogP contribution >= 0.6 is 0 Å². The molecule has 0 aliphatic carbocycles. The van der Waals surface area contributed by atoms with Gasteiger partial charge in [0.05, 0.1) is 5.92 Å². The van der Waals surface area contributed by atoms with Crippen LogP contribution in [0.5, 0.6) is 0 Å². The van der Waals surface area contributed by atoms with Crippen molar-refractivity contribution < 1.29 is 9.90 Å². The summed E-state index contributed by atoms with van der Waals surface area (Å²) in [5, 5.41) is 8.79. The summed E-state index contributed by atoms with van der Waals surface area (Å²) in [5.41, 5.74) is 1.34. The lowest BCUT2D eigenvalue weighted by atomic mass is 9.96. The van der Waals surface area contributed by atoms with Gasteiger partial charge in [0.1, 0.15) is 0 Å². The molecule has 66 valence electrons. The molecule has 2 heteroatoms. The minimum atomic E-state index is -0.859. The molecule has 2 nitrogen and oxygen atoms in total. The number of rotatable bonds is 2. The predicted octanol–water partition coefficient (Wildman–Crippen LogP) is 1.86. The van der Waals surface area contributed by atoms with Crippen molar-refractivity contribution in [3.05, 3.63) is 35.4 Å². The maximum Gasteiger partial charge on any atom is 0.310 e. The molecule has 1 unspecified atom stereocenters. The monoisotopic (exact) mass is 174 g/mol. The molecule has 1 N–H and O–H groups in total. The topological polar surface area (TPSA) is 37.3 Å². The Morgan fingerprint density at radius 1 is 1.54 bits per heavy atom. The first-order valence-corrected chi connectivity index (χ1v) is 3.95. The van der Waals surface area contributed by atoms with E-state index in [1.807, 2.05) is 0 Å². The van der Waals surface area contributed by atoms with Gasteiger partial charge in [0.15, 0.2) is 0 Å². The van der Waals surface area contributed by atoms with Crippen LogP contribution in [0.1, 0.15) is 24.0 Å². The van der Waals surface area contributed by atoms with Crippen molar-refractivity contribution in [2.45, 2.75) is 12.8 Å². The van der Waals surface area contributed by atoms with Gasteiger partial charge < -0.3 is 5.11 Å². The van der Waals surface area contributed by atoms with E-state index in [0.717, 1.165) is 0 Å². The number of terminal acetylenes is 1. The quantitative estimate of drug-likeness (QED) is 0.695. The number of hydrogen-bond donors (Lipinski definition) is 1. The van der Waals surface area contributed by atoms with Crippen LogP contribution in [0.2, 0.25) is 0 Å². The fraction of sp³-hybridized carbons (Fsp3) is 0.182. The molecule has 0 bridgehead atoms. The highest BCUT2D eigenvalue weighted by molar-refractivity contribution is 5.76. The number of aliphatic carboxylic acids is 1. The number of carbonyl (C=O) groups is 1. The van der Waals surface area contributed by atoms with E-state index in [2.05, 4.69) is 5.92 Å². The molecule has 1 aromatic rings. The second-order valence-electron chi connectivity index (χ2n) is 2.79. The molecule has 1 rings (SSSR count). The Balaban J connectivity index is 3.15. The zero-order chi connectivity index (χ0) is 9.84. The highest BCUT2D eigenvalue weighted by Crippen LogP contribution is 2.18. The van der Waals surface area contributed by atoms with Crippen molar-refractivity contribution in [2.75, 3.05) is 0 Å². The van der Waals surface area contributed by atoms with Crippen molar-refractivity contribution in [3.8, 4) is 12.3 Å². The first kappa shape index (κ1) is 9.34. The minimum Gasteiger partial charge on any atom is -0.481 e. The van der Waals surface area contributed by atoms with Crippen molar-refractivity contribution in [1.82, 2.24) is 0 Å². The van der Waals surface area contributed by atoms with Gasteiger partial charge in [-0.3, -0.25) is 4.79 Å². The van der Waals surface area contributed by atoms with Crippen molar-refractivity contribution in [2.24, 2.45) is 0 Å². The molecule has 0 aliphatic heterocycles. The Labute approximate surface area is 77.2 Å². The van der Waals surface area contributed by atoms with E-state index in [0.29, 0.717) is 11.1 Å². The average Bonchev–Trinajstić information content (AvgIpc) is 2.16. The van der Waals surface area contributed by atoms with E-state index in [4.69, 9.17) is 11.5 Å².